The van der Waals surface area contributed by atoms with Crippen molar-refractivity contribution in [3.8, 4) is 22.9 Å². The number of carbonyl (C=O) groups is 1. The zero-order valence-corrected chi connectivity index (χ0v) is 26.0. The number of nitrogens with zero attached hydrogens (tertiary/aromatic N) is 2. The molecule has 1 atom stereocenters. The van der Waals surface area contributed by atoms with Crippen LogP contribution in [-0.2, 0) is 6.61 Å². The summed E-state index contributed by atoms with van der Waals surface area (Å²) in [7, 11) is 0. The fourth-order valence-electron chi connectivity index (χ4n) is 4.07. The molecule has 4 rings (SSSR count). The minimum atomic E-state index is -0.502. The standard InChI is InChI=1S/C31H33BrClN3O5/c1-6-21(5)40-30-27(38-7-2)16-22(28(32)29(30)33)17-34-35-31(37)26-15-14-25(41-26)18-39-24-12-10-23(11-13-24)36-19(3)8-9-20(36)4/h8-17,21H,6-7,18H2,1-5H3,(H,35,37)/b34-17+/t21-/m0/s1. The van der Waals surface area contributed by atoms with Gasteiger partial charge in [-0.05, 0) is 105 Å². The lowest BCUT2D eigenvalue weighted by atomic mass is 10.2. The lowest BCUT2D eigenvalue weighted by molar-refractivity contribution is 0.0923. The summed E-state index contributed by atoms with van der Waals surface area (Å²) in [6.07, 6.45) is 2.25. The van der Waals surface area contributed by atoms with Crippen molar-refractivity contribution in [2.75, 3.05) is 6.61 Å². The number of hydrogen-bond donors (Lipinski definition) is 1. The van der Waals surface area contributed by atoms with Gasteiger partial charge in [0.05, 0.1) is 18.9 Å². The van der Waals surface area contributed by atoms with Gasteiger partial charge in [0.15, 0.2) is 17.3 Å². The van der Waals surface area contributed by atoms with Crippen LogP contribution in [-0.4, -0.2) is 29.4 Å². The maximum absolute atomic E-state index is 12.6. The fourth-order valence-corrected chi connectivity index (χ4v) is 4.71. The Balaban J connectivity index is 1.36. The van der Waals surface area contributed by atoms with E-state index in [2.05, 4.69) is 57.0 Å². The van der Waals surface area contributed by atoms with E-state index in [1.165, 1.54) is 6.21 Å². The Morgan fingerprint density at radius 1 is 1.10 bits per heavy atom. The molecule has 1 N–H and O–H groups in total. The summed E-state index contributed by atoms with van der Waals surface area (Å²) in [5.41, 5.74) is 6.48. The molecule has 0 aliphatic rings. The number of aromatic nitrogens is 1. The van der Waals surface area contributed by atoms with Gasteiger partial charge in [0.25, 0.3) is 0 Å². The van der Waals surface area contributed by atoms with Crippen molar-refractivity contribution < 1.29 is 23.4 Å². The third kappa shape index (κ3) is 7.34. The Labute approximate surface area is 253 Å². The van der Waals surface area contributed by atoms with Crippen LogP contribution in [0, 0.1) is 13.8 Å². The first kappa shape index (κ1) is 30.3. The Kier molecular flexibility index (Phi) is 10.2. The van der Waals surface area contributed by atoms with Crippen LogP contribution in [0.4, 0.5) is 0 Å². The molecule has 0 fully saturated rings. The van der Waals surface area contributed by atoms with Crippen LogP contribution >= 0.6 is 27.5 Å². The molecule has 0 unspecified atom stereocenters. The maximum atomic E-state index is 12.6. The average Bonchev–Trinajstić information content (AvgIpc) is 3.58. The Morgan fingerprint density at radius 2 is 1.80 bits per heavy atom. The Morgan fingerprint density at radius 3 is 2.46 bits per heavy atom. The summed E-state index contributed by atoms with van der Waals surface area (Å²) in [6.45, 7) is 10.6. The minimum Gasteiger partial charge on any atom is -0.490 e. The van der Waals surface area contributed by atoms with E-state index in [0.717, 1.165) is 23.5 Å². The van der Waals surface area contributed by atoms with Gasteiger partial charge in [-0.1, -0.05) is 18.5 Å². The minimum absolute atomic E-state index is 0.0368. The number of hydrogen-bond acceptors (Lipinski definition) is 6. The van der Waals surface area contributed by atoms with E-state index < -0.39 is 5.91 Å². The van der Waals surface area contributed by atoms with Crippen molar-refractivity contribution in [3.05, 3.63) is 92.6 Å². The van der Waals surface area contributed by atoms with Gasteiger partial charge in [-0.25, -0.2) is 5.43 Å². The topological polar surface area (TPSA) is 87.2 Å². The number of aryl methyl sites for hydroxylation is 2. The number of nitrogens with one attached hydrogen (secondary N) is 1. The van der Waals surface area contributed by atoms with E-state index in [9.17, 15) is 4.79 Å². The highest BCUT2D eigenvalue weighted by atomic mass is 79.9. The molecule has 0 radical (unpaired) electrons. The van der Waals surface area contributed by atoms with E-state index in [4.69, 9.17) is 30.2 Å². The molecule has 0 saturated heterocycles. The first-order valence-corrected chi connectivity index (χ1v) is 14.5. The van der Waals surface area contributed by atoms with Crippen LogP contribution in [0.1, 0.15) is 60.5 Å². The zero-order valence-electron chi connectivity index (χ0n) is 23.7. The quantitative estimate of drug-likeness (QED) is 0.125. The Hall–Kier alpha value is -3.69. The van der Waals surface area contributed by atoms with Gasteiger partial charge < -0.3 is 23.2 Å². The summed E-state index contributed by atoms with van der Waals surface area (Å²) >= 11 is 10.1. The van der Waals surface area contributed by atoms with E-state index in [-0.39, 0.29) is 18.5 Å². The maximum Gasteiger partial charge on any atom is 0.307 e. The van der Waals surface area contributed by atoms with Gasteiger partial charge in [-0.3, -0.25) is 4.79 Å². The molecule has 8 nitrogen and oxygen atoms in total. The van der Waals surface area contributed by atoms with E-state index in [0.29, 0.717) is 44.7 Å². The van der Waals surface area contributed by atoms with Crippen LogP contribution < -0.4 is 19.6 Å². The third-order valence-corrected chi connectivity index (χ3v) is 7.80. The number of furan rings is 1. The molecule has 0 aliphatic carbocycles. The van der Waals surface area contributed by atoms with Crippen molar-refractivity contribution in [2.45, 2.75) is 53.8 Å². The van der Waals surface area contributed by atoms with Gasteiger partial charge in [-0.15, -0.1) is 0 Å². The highest BCUT2D eigenvalue weighted by molar-refractivity contribution is 9.10. The molecule has 0 bridgehead atoms. The van der Waals surface area contributed by atoms with E-state index in [1.807, 2.05) is 45.0 Å². The predicted octanol–water partition coefficient (Wildman–Crippen LogP) is 8.02. The van der Waals surface area contributed by atoms with Crippen molar-refractivity contribution in [1.82, 2.24) is 9.99 Å². The number of amides is 1. The van der Waals surface area contributed by atoms with Crippen molar-refractivity contribution in [2.24, 2.45) is 5.10 Å². The first-order chi connectivity index (χ1) is 19.7. The number of halogens is 2. The molecule has 0 aliphatic heterocycles. The summed E-state index contributed by atoms with van der Waals surface area (Å²) < 4.78 is 26.0. The molecule has 2 heterocycles. The number of ether oxygens (including phenoxy) is 3. The van der Waals surface area contributed by atoms with E-state index in [1.54, 1.807) is 18.2 Å². The number of benzene rings is 2. The average molecular weight is 643 g/mol. The predicted molar refractivity (Wildman–Crippen MR) is 164 cm³/mol. The van der Waals surface area contributed by atoms with Crippen molar-refractivity contribution in [3.63, 3.8) is 0 Å². The molecule has 0 spiro atoms. The van der Waals surface area contributed by atoms with Crippen LogP contribution in [0.15, 0.2) is 68.6 Å². The third-order valence-electron chi connectivity index (χ3n) is 6.35. The van der Waals surface area contributed by atoms with Crippen molar-refractivity contribution >= 4 is 39.7 Å². The second-order valence-corrected chi connectivity index (χ2v) is 10.6. The van der Waals surface area contributed by atoms with Gasteiger partial charge in [0, 0.05) is 27.1 Å². The number of rotatable bonds is 12. The molecular weight excluding hydrogens is 610 g/mol. The highest BCUT2D eigenvalue weighted by Gasteiger charge is 2.19. The number of carbonyl (C=O) groups excluding carboxylic acids is 1. The largest absolute Gasteiger partial charge is 0.490 e. The van der Waals surface area contributed by atoms with Crippen molar-refractivity contribution in [1.29, 1.82) is 0 Å². The Bertz CT molecular complexity index is 1510. The van der Waals surface area contributed by atoms with Gasteiger partial charge in [0.1, 0.15) is 23.1 Å². The van der Waals surface area contributed by atoms with Crippen LogP contribution in [0.3, 0.4) is 0 Å². The summed E-state index contributed by atoms with van der Waals surface area (Å²) in [5.74, 6) is 1.77. The van der Waals surface area contributed by atoms with Gasteiger partial charge in [0.2, 0.25) is 0 Å². The van der Waals surface area contributed by atoms with Crippen LogP contribution in [0.25, 0.3) is 5.69 Å². The normalized spacial score (nSPS) is 12.0. The smallest absolute Gasteiger partial charge is 0.307 e. The summed E-state index contributed by atoms with van der Waals surface area (Å²) in [6, 6.07) is 17.0. The number of hydrazone groups is 1. The molecule has 0 saturated carbocycles. The second kappa shape index (κ2) is 13.8. The molecule has 10 heteroatoms. The molecule has 41 heavy (non-hydrogen) atoms. The first-order valence-electron chi connectivity index (χ1n) is 13.3. The molecular formula is C31H33BrClN3O5. The monoisotopic (exact) mass is 641 g/mol. The molecule has 4 aromatic rings. The highest BCUT2D eigenvalue weighted by Crippen LogP contribution is 2.43. The fraction of sp³-hybridized carbons (Fsp3) is 0.290. The summed E-state index contributed by atoms with van der Waals surface area (Å²) in [5, 5.41) is 4.43. The molecule has 216 valence electrons. The molecule has 1 amide bonds. The second-order valence-electron chi connectivity index (χ2n) is 9.39. The van der Waals surface area contributed by atoms with Gasteiger partial charge >= 0.3 is 5.91 Å². The molecule has 2 aromatic carbocycles. The summed E-state index contributed by atoms with van der Waals surface area (Å²) in [4.78, 5) is 12.6. The lowest BCUT2D eigenvalue weighted by Crippen LogP contribution is -2.17. The van der Waals surface area contributed by atoms with E-state index >= 15 is 0 Å². The van der Waals surface area contributed by atoms with Gasteiger partial charge in [-0.2, -0.15) is 5.10 Å². The SMILES string of the molecule is CCOc1cc(/C=N/NC(=O)c2ccc(COc3ccc(-n4c(C)ccc4C)cc3)o2)c(Br)c(Cl)c1O[C@@H](C)CC. The molecule has 2 aromatic heterocycles. The lowest BCUT2D eigenvalue weighted by Gasteiger charge is -2.19. The van der Waals surface area contributed by atoms with Crippen LogP contribution in [0.2, 0.25) is 5.02 Å². The zero-order chi connectivity index (χ0) is 29.5. The van der Waals surface area contributed by atoms with Crippen LogP contribution in [0.5, 0.6) is 17.2 Å².